The van der Waals surface area contributed by atoms with Gasteiger partial charge in [-0.25, -0.2) is 18.1 Å². The van der Waals surface area contributed by atoms with Crippen LogP contribution in [0.2, 0.25) is 0 Å². The zero-order valence-corrected chi connectivity index (χ0v) is 14.2. The lowest BCUT2D eigenvalue weighted by Crippen LogP contribution is -2.47. The zero-order chi connectivity index (χ0) is 16.4. The van der Waals surface area contributed by atoms with Gasteiger partial charge in [0.1, 0.15) is 0 Å². The van der Waals surface area contributed by atoms with Gasteiger partial charge in [-0.3, -0.25) is 4.79 Å². The Labute approximate surface area is 139 Å². The second-order valence-electron chi connectivity index (χ2n) is 5.88. The molecule has 1 heterocycles. The molecule has 124 valence electrons. The summed E-state index contributed by atoms with van der Waals surface area (Å²) in [5, 5.41) is 0. The van der Waals surface area contributed by atoms with Gasteiger partial charge in [0, 0.05) is 0 Å². The summed E-state index contributed by atoms with van der Waals surface area (Å²) in [6, 6.07) is 3.82. The van der Waals surface area contributed by atoms with Gasteiger partial charge in [0.15, 0.2) is 0 Å². The number of hydrogen-bond donors (Lipinski definition) is 2. The Morgan fingerprint density at radius 2 is 2.04 bits per heavy atom. The summed E-state index contributed by atoms with van der Waals surface area (Å²) in [5.74, 6) is -0.566. The minimum absolute atomic E-state index is 0.0541. The fourth-order valence-electron chi connectivity index (χ4n) is 2.97. The second kappa shape index (κ2) is 6.54. The van der Waals surface area contributed by atoms with Crippen molar-refractivity contribution in [2.45, 2.75) is 43.0 Å². The molecular formula is C15H19N3O3S2. The van der Waals surface area contributed by atoms with E-state index in [1.807, 2.05) is 0 Å². The van der Waals surface area contributed by atoms with Crippen molar-refractivity contribution in [2.24, 2.45) is 11.7 Å². The molecule has 0 saturated heterocycles. The SMILES string of the molecule is N[C@@H](C(=O)NS(=O)(=O)c1ccc2ncsc2c1)C1CCCCC1. The van der Waals surface area contributed by atoms with Gasteiger partial charge in [-0.1, -0.05) is 19.3 Å². The minimum atomic E-state index is -3.91. The van der Waals surface area contributed by atoms with Gasteiger partial charge < -0.3 is 5.73 Å². The number of hydrogen-bond acceptors (Lipinski definition) is 6. The van der Waals surface area contributed by atoms with Gasteiger partial charge in [-0.05, 0) is 37.0 Å². The highest BCUT2D eigenvalue weighted by Crippen LogP contribution is 2.26. The average Bonchev–Trinajstić information content (AvgIpc) is 3.02. The van der Waals surface area contributed by atoms with E-state index in [1.54, 1.807) is 11.6 Å². The van der Waals surface area contributed by atoms with E-state index in [-0.39, 0.29) is 10.8 Å². The van der Waals surface area contributed by atoms with Crippen LogP contribution in [0.25, 0.3) is 10.2 Å². The molecule has 0 spiro atoms. The number of thiazole rings is 1. The molecule has 3 N–H and O–H groups in total. The van der Waals surface area contributed by atoms with E-state index >= 15 is 0 Å². The third kappa shape index (κ3) is 3.54. The van der Waals surface area contributed by atoms with E-state index in [2.05, 4.69) is 9.71 Å². The predicted octanol–water partition coefficient (Wildman–Crippen LogP) is 2.01. The number of benzene rings is 1. The summed E-state index contributed by atoms with van der Waals surface area (Å²) >= 11 is 1.35. The molecule has 1 aromatic carbocycles. The van der Waals surface area contributed by atoms with Gasteiger partial charge in [0.2, 0.25) is 0 Å². The summed E-state index contributed by atoms with van der Waals surface area (Å²) in [5.41, 5.74) is 8.35. The molecule has 0 radical (unpaired) electrons. The van der Waals surface area contributed by atoms with Crippen molar-refractivity contribution in [1.82, 2.24) is 9.71 Å². The highest BCUT2D eigenvalue weighted by Gasteiger charge is 2.29. The van der Waals surface area contributed by atoms with Gasteiger partial charge >= 0.3 is 0 Å². The average molecular weight is 353 g/mol. The van der Waals surface area contributed by atoms with Gasteiger partial charge in [0.25, 0.3) is 15.9 Å². The number of amides is 1. The number of nitrogens with two attached hydrogens (primary N) is 1. The van der Waals surface area contributed by atoms with Crippen molar-refractivity contribution in [2.75, 3.05) is 0 Å². The molecule has 1 saturated carbocycles. The molecule has 1 aliphatic carbocycles. The molecule has 1 aromatic heterocycles. The number of sulfonamides is 1. The molecule has 1 fully saturated rings. The first-order valence-corrected chi connectivity index (χ1v) is 9.99. The molecule has 6 nitrogen and oxygen atoms in total. The molecule has 0 aliphatic heterocycles. The van der Waals surface area contributed by atoms with E-state index in [1.165, 1.54) is 23.5 Å². The molecular weight excluding hydrogens is 334 g/mol. The first-order valence-electron chi connectivity index (χ1n) is 7.63. The standard InChI is InChI=1S/C15H19N3O3S2/c16-14(10-4-2-1-3-5-10)15(19)18-23(20,21)11-6-7-12-13(8-11)22-9-17-12/h6-10,14H,1-5,16H2,(H,18,19)/t14-/m1/s1. The number of rotatable bonds is 4. The van der Waals surface area contributed by atoms with Crippen molar-refractivity contribution in [3.05, 3.63) is 23.7 Å². The lowest BCUT2D eigenvalue weighted by molar-refractivity contribution is -0.122. The molecule has 23 heavy (non-hydrogen) atoms. The maximum atomic E-state index is 12.4. The normalized spacial score (nSPS) is 18.0. The summed E-state index contributed by atoms with van der Waals surface area (Å²) in [6.07, 6.45) is 4.99. The van der Waals surface area contributed by atoms with Gasteiger partial charge in [0.05, 0.1) is 26.7 Å². The number of aromatic nitrogens is 1. The lowest BCUT2D eigenvalue weighted by Gasteiger charge is -2.26. The summed E-state index contributed by atoms with van der Waals surface area (Å²) in [7, 11) is -3.91. The molecule has 1 aliphatic rings. The van der Waals surface area contributed by atoms with Crippen molar-refractivity contribution in [1.29, 1.82) is 0 Å². The van der Waals surface area contributed by atoms with Crippen molar-refractivity contribution in [3.8, 4) is 0 Å². The van der Waals surface area contributed by atoms with Crippen LogP contribution in [-0.2, 0) is 14.8 Å². The monoisotopic (exact) mass is 353 g/mol. The number of fused-ring (bicyclic) bond motifs is 1. The van der Waals surface area contributed by atoms with Crippen molar-refractivity contribution >= 4 is 37.5 Å². The van der Waals surface area contributed by atoms with E-state index < -0.39 is 22.0 Å². The molecule has 0 unspecified atom stereocenters. The topological polar surface area (TPSA) is 102 Å². The van der Waals surface area contributed by atoms with Crippen LogP contribution in [0.4, 0.5) is 0 Å². The van der Waals surface area contributed by atoms with Gasteiger partial charge in [-0.2, -0.15) is 0 Å². The van der Waals surface area contributed by atoms with Crippen LogP contribution in [0.5, 0.6) is 0 Å². The highest BCUT2D eigenvalue weighted by atomic mass is 32.2. The molecule has 0 bridgehead atoms. The highest BCUT2D eigenvalue weighted by molar-refractivity contribution is 7.90. The predicted molar refractivity (Wildman–Crippen MR) is 89.5 cm³/mol. The van der Waals surface area contributed by atoms with Crippen LogP contribution < -0.4 is 10.5 Å². The summed E-state index contributed by atoms with van der Waals surface area (Å²) in [4.78, 5) is 16.4. The fourth-order valence-corrected chi connectivity index (χ4v) is 4.80. The molecule has 1 amide bonds. The fraction of sp³-hybridized carbons (Fsp3) is 0.467. The quantitative estimate of drug-likeness (QED) is 0.875. The lowest BCUT2D eigenvalue weighted by atomic mass is 9.84. The zero-order valence-electron chi connectivity index (χ0n) is 12.6. The van der Waals surface area contributed by atoms with E-state index in [9.17, 15) is 13.2 Å². The first kappa shape index (κ1) is 16.4. The molecule has 2 aromatic rings. The maximum absolute atomic E-state index is 12.4. The minimum Gasteiger partial charge on any atom is -0.320 e. The van der Waals surface area contributed by atoms with E-state index in [0.29, 0.717) is 0 Å². The maximum Gasteiger partial charge on any atom is 0.264 e. The Morgan fingerprint density at radius 3 is 2.78 bits per heavy atom. The number of nitrogens with zero attached hydrogens (tertiary/aromatic N) is 1. The third-order valence-electron chi connectivity index (χ3n) is 4.31. The van der Waals surface area contributed by atoms with Crippen molar-refractivity contribution < 1.29 is 13.2 Å². The smallest absolute Gasteiger partial charge is 0.264 e. The summed E-state index contributed by atoms with van der Waals surface area (Å²) < 4.78 is 27.7. The van der Waals surface area contributed by atoms with Gasteiger partial charge in [-0.15, -0.1) is 11.3 Å². The van der Waals surface area contributed by atoms with Crippen LogP contribution in [0.1, 0.15) is 32.1 Å². The number of carbonyl (C=O) groups is 1. The van der Waals surface area contributed by atoms with E-state index in [0.717, 1.165) is 42.3 Å². The largest absolute Gasteiger partial charge is 0.320 e. The van der Waals surface area contributed by atoms with Crippen LogP contribution >= 0.6 is 11.3 Å². The Morgan fingerprint density at radius 1 is 1.30 bits per heavy atom. The Kier molecular flexibility index (Phi) is 4.65. The van der Waals surface area contributed by atoms with Crippen LogP contribution in [0.15, 0.2) is 28.6 Å². The van der Waals surface area contributed by atoms with Crippen LogP contribution in [-0.4, -0.2) is 25.4 Å². The van der Waals surface area contributed by atoms with Crippen LogP contribution in [0, 0.1) is 5.92 Å². The Balaban J connectivity index is 1.75. The molecule has 8 heteroatoms. The van der Waals surface area contributed by atoms with E-state index in [4.69, 9.17) is 5.73 Å². The molecule has 3 rings (SSSR count). The number of carbonyl (C=O) groups excluding carboxylic acids is 1. The number of nitrogens with one attached hydrogen (secondary N) is 1. The van der Waals surface area contributed by atoms with Crippen LogP contribution in [0.3, 0.4) is 0 Å². The third-order valence-corrected chi connectivity index (χ3v) is 6.44. The Bertz CT molecular complexity index is 810. The summed E-state index contributed by atoms with van der Waals surface area (Å²) in [6.45, 7) is 0. The van der Waals surface area contributed by atoms with Crippen molar-refractivity contribution in [3.63, 3.8) is 0 Å². The second-order valence-corrected chi connectivity index (χ2v) is 8.44. The molecule has 1 atom stereocenters. The first-order chi connectivity index (χ1) is 11.0. The Hall–Kier alpha value is -1.51.